The lowest BCUT2D eigenvalue weighted by atomic mass is 10.2. The third kappa shape index (κ3) is 3.87. The lowest BCUT2D eigenvalue weighted by molar-refractivity contribution is -0.120. The van der Waals surface area contributed by atoms with E-state index in [-0.39, 0.29) is 21.4 Å². The summed E-state index contributed by atoms with van der Waals surface area (Å²) < 4.78 is 19.1. The molecule has 1 N–H and O–H groups in total. The Hall–Kier alpha value is -3.35. The molecule has 1 heterocycles. The van der Waals surface area contributed by atoms with Crippen LogP contribution >= 0.6 is 23.2 Å². The zero-order chi connectivity index (χ0) is 21.3. The normalized spacial score (nSPS) is 13.8. The molecule has 150 valence electrons. The molecule has 0 fully saturated rings. The van der Waals surface area contributed by atoms with E-state index in [1.54, 1.807) is 24.3 Å². The smallest absolute Gasteiger partial charge is 0.283 e. The first kappa shape index (κ1) is 19.9. The van der Waals surface area contributed by atoms with Gasteiger partial charge in [-0.2, -0.15) is 0 Å². The van der Waals surface area contributed by atoms with Gasteiger partial charge in [0.15, 0.2) is 0 Å². The number of rotatable bonds is 5. The fourth-order valence-corrected chi connectivity index (χ4v) is 3.23. The zero-order valence-corrected chi connectivity index (χ0v) is 16.7. The Labute approximate surface area is 181 Å². The molecule has 0 radical (unpaired) electrons. The summed E-state index contributed by atoms with van der Waals surface area (Å²) >= 11 is 11.9. The van der Waals surface area contributed by atoms with Crippen molar-refractivity contribution in [2.24, 2.45) is 0 Å². The van der Waals surface area contributed by atoms with Crippen LogP contribution in [0.4, 0.5) is 15.8 Å². The fourth-order valence-electron chi connectivity index (χ4n) is 2.85. The molecule has 1 aliphatic rings. The second-order valence-electron chi connectivity index (χ2n) is 6.30. The Morgan fingerprint density at radius 2 is 1.50 bits per heavy atom. The maximum Gasteiger partial charge on any atom is 0.283 e. The van der Waals surface area contributed by atoms with E-state index in [0.29, 0.717) is 17.2 Å². The molecular weight excluding hydrogens is 430 g/mol. The van der Waals surface area contributed by atoms with Gasteiger partial charge in [-0.3, -0.25) is 9.59 Å². The van der Waals surface area contributed by atoms with Crippen LogP contribution in [-0.2, 0) is 9.59 Å². The fraction of sp³-hybridized carbons (Fsp3) is 0. The first-order valence-corrected chi connectivity index (χ1v) is 9.53. The Kier molecular flexibility index (Phi) is 5.44. The number of hydrogen-bond acceptors (Lipinski definition) is 4. The molecule has 8 heteroatoms. The number of imide groups is 1. The van der Waals surface area contributed by atoms with Crippen LogP contribution in [0.2, 0.25) is 5.02 Å². The maximum atomic E-state index is 13.4. The van der Waals surface area contributed by atoms with Crippen LogP contribution in [0.3, 0.4) is 0 Å². The second-order valence-corrected chi connectivity index (χ2v) is 7.08. The molecule has 0 atom stereocenters. The van der Waals surface area contributed by atoms with Gasteiger partial charge in [-0.25, -0.2) is 9.29 Å². The van der Waals surface area contributed by atoms with Crippen molar-refractivity contribution in [3.63, 3.8) is 0 Å². The van der Waals surface area contributed by atoms with Gasteiger partial charge in [-0.1, -0.05) is 41.4 Å². The minimum atomic E-state index is -0.726. The van der Waals surface area contributed by atoms with Crippen LogP contribution in [-0.4, -0.2) is 11.8 Å². The van der Waals surface area contributed by atoms with Gasteiger partial charge < -0.3 is 10.1 Å². The number of anilines is 2. The molecular formula is C22H13Cl2FN2O3. The average molecular weight is 443 g/mol. The summed E-state index contributed by atoms with van der Waals surface area (Å²) in [5, 5.41) is 2.38. The molecule has 3 aromatic carbocycles. The number of nitrogens with zero attached hydrogens (tertiary/aromatic N) is 1. The minimum absolute atomic E-state index is 0.0844. The van der Waals surface area contributed by atoms with Crippen molar-refractivity contribution >= 4 is 46.4 Å². The molecule has 0 spiro atoms. The van der Waals surface area contributed by atoms with Gasteiger partial charge in [-0.05, 0) is 54.6 Å². The lowest BCUT2D eigenvalue weighted by Gasteiger charge is -2.15. The van der Waals surface area contributed by atoms with E-state index in [1.165, 1.54) is 12.1 Å². The highest BCUT2D eigenvalue weighted by Crippen LogP contribution is 2.32. The Balaban J connectivity index is 1.52. The van der Waals surface area contributed by atoms with E-state index in [1.807, 2.05) is 30.3 Å². The number of carbonyl (C=O) groups is 2. The highest BCUT2D eigenvalue weighted by atomic mass is 35.5. The van der Waals surface area contributed by atoms with Crippen molar-refractivity contribution in [1.29, 1.82) is 0 Å². The number of para-hydroxylation sites is 1. The SMILES string of the molecule is O=C1C(Cl)=C(Nc2ccc(Oc3ccccc3)cc2)C(=O)N1c1ccc(F)c(Cl)c1. The first-order chi connectivity index (χ1) is 14.4. The van der Waals surface area contributed by atoms with Gasteiger partial charge in [0, 0.05) is 5.69 Å². The summed E-state index contributed by atoms with van der Waals surface area (Å²) in [5.41, 5.74) is 0.570. The lowest BCUT2D eigenvalue weighted by Crippen LogP contribution is -2.32. The molecule has 3 aromatic rings. The first-order valence-electron chi connectivity index (χ1n) is 8.77. The molecule has 4 rings (SSSR count). The van der Waals surface area contributed by atoms with E-state index in [2.05, 4.69) is 5.32 Å². The number of nitrogens with one attached hydrogen (secondary N) is 1. The van der Waals surface area contributed by atoms with Gasteiger partial charge in [0.05, 0.1) is 10.7 Å². The highest BCUT2D eigenvalue weighted by molar-refractivity contribution is 6.53. The number of hydrogen-bond donors (Lipinski definition) is 1. The van der Waals surface area contributed by atoms with Crippen molar-refractivity contribution in [2.45, 2.75) is 0 Å². The molecule has 1 aliphatic heterocycles. The van der Waals surface area contributed by atoms with Gasteiger partial charge in [0.2, 0.25) is 0 Å². The third-order valence-corrected chi connectivity index (χ3v) is 4.93. The molecule has 0 bridgehead atoms. The molecule has 0 aliphatic carbocycles. The van der Waals surface area contributed by atoms with Crippen LogP contribution in [0.5, 0.6) is 11.5 Å². The third-order valence-electron chi connectivity index (χ3n) is 4.29. The number of ether oxygens (including phenoxy) is 1. The molecule has 0 saturated carbocycles. The molecule has 0 saturated heterocycles. The summed E-state index contributed by atoms with van der Waals surface area (Å²) in [5.74, 6) is -0.764. The number of carbonyl (C=O) groups excluding carboxylic acids is 2. The predicted octanol–water partition coefficient (Wildman–Crippen LogP) is 5.71. The second kappa shape index (κ2) is 8.18. The molecule has 5 nitrogen and oxygen atoms in total. The van der Waals surface area contributed by atoms with Crippen molar-refractivity contribution in [3.05, 3.63) is 94.4 Å². The van der Waals surface area contributed by atoms with Crippen LogP contribution < -0.4 is 15.0 Å². The van der Waals surface area contributed by atoms with E-state index in [4.69, 9.17) is 27.9 Å². The number of benzene rings is 3. The minimum Gasteiger partial charge on any atom is -0.457 e. The Bertz CT molecular complexity index is 1160. The van der Waals surface area contributed by atoms with Crippen LogP contribution in [0.1, 0.15) is 0 Å². The van der Waals surface area contributed by atoms with Gasteiger partial charge in [-0.15, -0.1) is 0 Å². The summed E-state index contributed by atoms with van der Waals surface area (Å²) in [6.45, 7) is 0. The van der Waals surface area contributed by atoms with Crippen LogP contribution in [0.15, 0.2) is 83.5 Å². The maximum absolute atomic E-state index is 13.4. The predicted molar refractivity (Wildman–Crippen MR) is 113 cm³/mol. The monoisotopic (exact) mass is 442 g/mol. The van der Waals surface area contributed by atoms with Crippen LogP contribution in [0, 0.1) is 5.82 Å². The van der Waals surface area contributed by atoms with Crippen molar-refractivity contribution in [3.8, 4) is 11.5 Å². The van der Waals surface area contributed by atoms with Gasteiger partial charge in [0.1, 0.15) is 28.0 Å². The number of halogens is 3. The van der Waals surface area contributed by atoms with Gasteiger partial charge in [0.25, 0.3) is 11.8 Å². The largest absolute Gasteiger partial charge is 0.457 e. The quantitative estimate of drug-likeness (QED) is 0.514. The van der Waals surface area contributed by atoms with E-state index in [9.17, 15) is 14.0 Å². The topological polar surface area (TPSA) is 58.6 Å². The molecule has 2 amide bonds. The average Bonchev–Trinajstić information content (AvgIpc) is 2.95. The van der Waals surface area contributed by atoms with E-state index >= 15 is 0 Å². The Morgan fingerprint density at radius 1 is 0.833 bits per heavy atom. The van der Waals surface area contributed by atoms with Crippen LogP contribution in [0.25, 0.3) is 0 Å². The highest BCUT2D eigenvalue weighted by Gasteiger charge is 2.39. The molecule has 30 heavy (non-hydrogen) atoms. The summed E-state index contributed by atoms with van der Waals surface area (Å²) in [4.78, 5) is 26.1. The summed E-state index contributed by atoms with van der Waals surface area (Å²) in [6.07, 6.45) is 0. The van der Waals surface area contributed by atoms with Crippen molar-refractivity contribution in [2.75, 3.05) is 10.2 Å². The summed E-state index contributed by atoms with van der Waals surface area (Å²) in [6, 6.07) is 19.6. The Morgan fingerprint density at radius 3 is 2.17 bits per heavy atom. The molecule has 0 aromatic heterocycles. The number of amides is 2. The molecule has 0 unspecified atom stereocenters. The zero-order valence-electron chi connectivity index (χ0n) is 15.2. The van der Waals surface area contributed by atoms with E-state index < -0.39 is 17.6 Å². The van der Waals surface area contributed by atoms with E-state index in [0.717, 1.165) is 11.0 Å². The summed E-state index contributed by atoms with van der Waals surface area (Å²) in [7, 11) is 0. The van der Waals surface area contributed by atoms with Crippen molar-refractivity contribution < 1.29 is 18.7 Å². The van der Waals surface area contributed by atoms with Crippen molar-refractivity contribution in [1.82, 2.24) is 0 Å². The van der Waals surface area contributed by atoms with Gasteiger partial charge >= 0.3 is 0 Å². The standard InChI is InChI=1S/C22H13Cl2FN2O3/c23-17-12-14(8-11-18(17)25)27-21(28)19(24)20(22(27)29)26-13-6-9-16(10-7-13)30-15-4-2-1-3-5-15/h1-12,26H.